The van der Waals surface area contributed by atoms with Crippen LogP contribution in [0, 0.1) is 5.92 Å². The Morgan fingerprint density at radius 3 is 2.44 bits per heavy atom. The molecule has 1 aliphatic rings. The summed E-state index contributed by atoms with van der Waals surface area (Å²) < 4.78 is 0. The van der Waals surface area contributed by atoms with Crippen LogP contribution in [0.2, 0.25) is 0 Å². The molecule has 0 saturated carbocycles. The van der Waals surface area contributed by atoms with Crippen molar-refractivity contribution in [1.82, 2.24) is 4.90 Å². The molecule has 0 atom stereocenters. The van der Waals surface area contributed by atoms with Gasteiger partial charge in [0.05, 0.1) is 0 Å². The molecule has 1 amide bonds. The fourth-order valence-electron chi connectivity index (χ4n) is 2.29. The molecule has 0 aliphatic carbocycles. The van der Waals surface area contributed by atoms with Crippen molar-refractivity contribution in [2.24, 2.45) is 11.7 Å². The van der Waals surface area contributed by atoms with Crippen LogP contribution in [0.15, 0.2) is 29.2 Å². The standard InChI is InChI=1S/C14H20N2OS/c1-18-13-4-2-12(3-5-13)14(17)16-8-6-11(10-15)7-9-16/h2-5,11H,6-10,15H2,1H3. The van der Waals surface area contributed by atoms with Gasteiger partial charge in [0.25, 0.3) is 5.91 Å². The molecule has 0 radical (unpaired) electrons. The van der Waals surface area contributed by atoms with Crippen molar-refractivity contribution in [2.75, 3.05) is 25.9 Å². The van der Waals surface area contributed by atoms with Gasteiger partial charge in [0.1, 0.15) is 0 Å². The van der Waals surface area contributed by atoms with E-state index in [1.165, 1.54) is 4.90 Å². The van der Waals surface area contributed by atoms with Gasteiger partial charge in [0.2, 0.25) is 0 Å². The van der Waals surface area contributed by atoms with Crippen LogP contribution >= 0.6 is 11.8 Å². The fraction of sp³-hybridized carbons (Fsp3) is 0.500. The number of hydrogen-bond acceptors (Lipinski definition) is 3. The van der Waals surface area contributed by atoms with Crippen LogP contribution in [0.3, 0.4) is 0 Å². The lowest BCUT2D eigenvalue weighted by atomic mass is 9.96. The molecular weight excluding hydrogens is 244 g/mol. The van der Waals surface area contributed by atoms with Crippen molar-refractivity contribution in [3.8, 4) is 0 Å². The minimum Gasteiger partial charge on any atom is -0.339 e. The zero-order valence-electron chi connectivity index (χ0n) is 10.8. The van der Waals surface area contributed by atoms with Crippen molar-refractivity contribution in [3.05, 3.63) is 29.8 Å². The van der Waals surface area contributed by atoms with Gasteiger partial charge in [-0.05, 0) is 55.8 Å². The van der Waals surface area contributed by atoms with Gasteiger partial charge in [0, 0.05) is 23.5 Å². The molecule has 1 fully saturated rings. The predicted molar refractivity (Wildman–Crippen MR) is 75.9 cm³/mol. The van der Waals surface area contributed by atoms with Crippen LogP contribution in [0.4, 0.5) is 0 Å². The second-order valence-electron chi connectivity index (χ2n) is 4.70. The first-order valence-corrected chi connectivity index (χ1v) is 7.60. The van der Waals surface area contributed by atoms with Crippen molar-refractivity contribution in [3.63, 3.8) is 0 Å². The van der Waals surface area contributed by atoms with E-state index < -0.39 is 0 Å². The number of hydrogen-bond donors (Lipinski definition) is 1. The Hall–Kier alpha value is -1.00. The van der Waals surface area contributed by atoms with Crippen molar-refractivity contribution >= 4 is 17.7 Å². The number of nitrogens with zero attached hydrogens (tertiary/aromatic N) is 1. The Kier molecular flexibility index (Phi) is 4.66. The number of carbonyl (C=O) groups excluding carboxylic acids is 1. The van der Waals surface area contributed by atoms with Gasteiger partial charge in [-0.15, -0.1) is 11.8 Å². The number of piperidine rings is 1. The second kappa shape index (κ2) is 6.25. The van der Waals surface area contributed by atoms with E-state index >= 15 is 0 Å². The molecule has 0 unspecified atom stereocenters. The highest BCUT2D eigenvalue weighted by Crippen LogP contribution is 2.20. The highest BCUT2D eigenvalue weighted by molar-refractivity contribution is 7.98. The number of amides is 1. The number of rotatable bonds is 3. The van der Waals surface area contributed by atoms with Crippen molar-refractivity contribution in [1.29, 1.82) is 0 Å². The average molecular weight is 264 g/mol. The van der Waals surface area contributed by atoms with Crippen molar-refractivity contribution < 1.29 is 4.79 Å². The number of carbonyl (C=O) groups is 1. The molecule has 3 nitrogen and oxygen atoms in total. The third kappa shape index (κ3) is 3.06. The second-order valence-corrected chi connectivity index (χ2v) is 5.58. The van der Waals surface area contributed by atoms with Crippen LogP contribution in [0.25, 0.3) is 0 Å². The summed E-state index contributed by atoms with van der Waals surface area (Å²) in [7, 11) is 0. The first kappa shape index (κ1) is 13.4. The lowest BCUT2D eigenvalue weighted by molar-refractivity contribution is 0.0693. The molecule has 0 aromatic heterocycles. The minimum atomic E-state index is 0.151. The quantitative estimate of drug-likeness (QED) is 0.852. The molecule has 0 spiro atoms. The van der Waals surface area contributed by atoms with E-state index in [0.29, 0.717) is 5.92 Å². The molecule has 1 aromatic carbocycles. The van der Waals surface area contributed by atoms with E-state index in [0.717, 1.165) is 38.0 Å². The Bertz CT molecular complexity index is 397. The summed E-state index contributed by atoms with van der Waals surface area (Å²) in [5.41, 5.74) is 6.45. The number of thioether (sulfide) groups is 1. The summed E-state index contributed by atoms with van der Waals surface area (Å²) in [5, 5.41) is 0. The highest BCUT2D eigenvalue weighted by atomic mass is 32.2. The monoisotopic (exact) mass is 264 g/mol. The molecule has 0 bridgehead atoms. The molecular formula is C14H20N2OS. The van der Waals surface area contributed by atoms with Gasteiger partial charge < -0.3 is 10.6 Å². The summed E-state index contributed by atoms with van der Waals surface area (Å²) in [4.78, 5) is 15.4. The van der Waals surface area contributed by atoms with E-state index in [2.05, 4.69) is 0 Å². The van der Waals surface area contributed by atoms with E-state index in [4.69, 9.17) is 5.73 Å². The fourth-order valence-corrected chi connectivity index (χ4v) is 2.70. The Balaban J connectivity index is 1.98. The summed E-state index contributed by atoms with van der Waals surface area (Å²) >= 11 is 1.69. The predicted octanol–water partition coefficient (Wildman–Crippen LogP) is 2.22. The zero-order valence-corrected chi connectivity index (χ0v) is 11.6. The molecule has 4 heteroatoms. The SMILES string of the molecule is CSc1ccc(C(=O)N2CCC(CN)CC2)cc1. The minimum absolute atomic E-state index is 0.151. The largest absolute Gasteiger partial charge is 0.339 e. The third-order valence-corrected chi connectivity index (χ3v) is 4.32. The molecule has 2 rings (SSSR count). The number of nitrogens with two attached hydrogens (primary N) is 1. The summed E-state index contributed by atoms with van der Waals surface area (Å²) in [6, 6.07) is 7.85. The highest BCUT2D eigenvalue weighted by Gasteiger charge is 2.22. The van der Waals surface area contributed by atoms with Gasteiger partial charge in [0.15, 0.2) is 0 Å². The maximum Gasteiger partial charge on any atom is 0.253 e. The van der Waals surface area contributed by atoms with Gasteiger partial charge in [-0.25, -0.2) is 0 Å². The van der Waals surface area contributed by atoms with E-state index in [9.17, 15) is 4.79 Å². The maximum absolute atomic E-state index is 12.3. The average Bonchev–Trinajstić information content (AvgIpc) is 2.47. The molecule has 2 N–H and O–H groups in total. The molecule has 1 aromatic rings. The van der Waals surface area contributed by atoms with Crippen LogP contribution in [-0.4, -0.2) is 36.7 Å². The van der Waals surface area contributed by atoms with Gasteiger partial charge >= 0.3 is 0 Å². The molecule has 1 heterocycles. The third-order valence-electron chi connectivity index (χ3n) is 3.57. The summed E-state index contributed by atoms with van der Waals surface area (Å²) in [5.74, 6) is 0.742. The number of likely N-dealkylation sites (tertiary alicyclic amines) is 1. The zero-order chi connectivity index (χ0) is 13.0. The normalized spacial score (nSPS) is 16.9. The molecule has 18 heavy (non-hydrogen) atoms. The Morgan fingerprint density at radius 2 is 1.94 bits per heavy atom. The molecule has 98 valence electrons. The molecule has 1 aliphatic heterocycles. The summed E-state index contributed by atoms with van der Waals surface area (Å²) in [6.45, 7) is 2.42. The lowest BCUT2D eigenvalue weighted by Gasteiger charge is -2.31. The topological polar surface area (TPSA) is 46.3 Å². The van der Waals surface area contributed by atoms with E-state index in [1.54, 1.807) is 11.8 Å². The van der Waals surface area contributed by atoms with Gasteiger partial charge in [-0.3, -0.25) is 4.79 Å². The van der Waals surface area contributed by atoms with Gasteiger partial charge in [-0.1, -0.05) is 0 Å². The Morgan fingerprint density at radius 1 is 1.33 bits per heavy atom. The Labute approximate surface area is 113 Å². The van der Waals surface area contributed by atoms with E-state index in [-0.39, 0.29) is 5.91 Å². The summed E-state index contributed by atoms with van der Waals surface area (Å²) in [6.07, 6.45) is 4.10. The van der Waals surface area contributed by atoms with Gasteiger partial charge in [-0.2, -0.15) is 0 Å². The molecule has 1 saturated heterocycles. The number of benzene rings is 1. The van der Waals surface area contributed by atoms with Crippen LogP contribution < -0.4 is 5.73 Å². The maximum atomic E-state index is 12.3. The van der Waals surface area contributed by atoms with Crippen LogP contribution in [0.1, 0.15) is 23.2 Å². The smallest absolute Gasteiger partial charge is 0.253 e. The first-order valence-electron chi connectivity index (χ1n) is 6.38. The van der Waals surface area contributed by atoms with E-state index in [1.807, 2.05) is 35.4 Å². The first-order chi connectivity index (χ1) is 8.74. The lowest BCUT2D eigenvalue weighted by Crippen LogP contribution is -2.40. The van der Waals surface area contributed by atoms with Crippen LogP contribution in [-0.2, 0) is 0 Å². The van der Waals surface area contributed by atoms with Crippen molar-refractivity contribution in [2.45, 2.75) is 17.7 Å². The van der Waals surface area contributed by atoms with Crippen LogP contribution in [0.5, 0.6) is 0 Å².